The van der Waals surface area contributed by atoms with Crippen LogP contribution >= 0.6 is 0 Å². The zero-order valence-corrected chi connectivity index (χ0v) is 13.6. The number of carbonyl (C=O) groups excluding carboxylic acids is 1. The lowest BCUT2D eigenvalue weighted by Crippen LogP contribution is -2.46. The number of carbonyl (C=O) groups is 1. The van der Waals surface area contributed by atoms with Gasteiger partial charge in [-0.3, -0.25) is 10.1 Å². The minimum atomic E-state index is -0.685. The Balaban J connectivity index is 2.05. The Bertz CT molecular complexity index is 544. The first-order valence-electron chi connectivity index (χ1n) is 7.81. The van der Waals surface area contributed by atoms with Gasteiger partial charge in [-0.05, 0) is 37.0 Å². The van der Waals surface area contributed by atoms with Gasteiger partial charge >= 0.3 is 0 Å². The molecule has 0 unspecified atom stereocenters. The summed E-state index contributed by atoms with van der Waals surface area (Å²) in [7, 11) is 1.61. The fraction of sp³-hybridized carbons (Fsp3) is 0.588. The Hall–Kier alpha value is -1.95. The van der Waals surface area contributed by atoms with Gasteiger partial charge in [-0.25, -0.2) is 0 Å². The molecule has 0 aromatic heterocycles. The summed E-state index contributed by atoms with van der Waals surface area (Å²) in [5, 5.41) is 11.0. The predicted molar refractivity (Wildman–Crippen MR) is 84.9 cm³/mol. The first-order chi connectivity index (χ1) is 11.0. The largest absolute Gasteiger partial charge is 0.497 e. The summed E-state index contributed by atoms with van der Waals surface area (Å²) in [6.07, 6.45) is 2.86. The van der Waals surface area contributed by atoms with Crippen molar-refractivity contribution in [2.75, 3.05) is 13.7 Å². The van der Waals surface area contributed by atoms with Gasteiger partial charge in [0.05, 0.1) is 25.7 Å². The number of hydrogen-bond donors (Lipinski definition) is 0. The van der Waals surface area contributed by atoms with Crippen LogP contribution in [0.25, 0.3) is 0 Å². The molecule has 1 saturated carbocycles. The van der Waals surface area contributed by atoms with E-state index < -0.39 is 5.41 Å². The fourth-order valence-corrected chi connectivity index (χ4v) is 3.25. The van der Waals surface area contributed by atoms with Crippen LogP contribution in [0.5, 0.6) is 5.75 Å². The Labute approximate surface area is 135 Å². The zero-order valence-electron chi connectivity index (χ0n) is 13.6. The molecular formula is C17H23NO5. The fourth-order valence-electron chi connectivity index (χ4n) is 3.25. The average molecular weight is 321 g/mol. The molecule has 1 aromatic rings. The van der Waals surface area contributed by atoms with Crippen LogP contribution in [0.15, 0.2) is 24.3 Å². The molecule has 0 spiro atoms. The molecule has 0 radical (unpaired) electrons. The van der Waals surface area contributed by atoms with Crippen molar-refractivity contribution in [2.24, 2.45) is 11.3 Å². The first kappa shape index (κ1) is 17.4. The van der Waals surface area contributed by atoms with Gasteiger partial charge in [0.1, 0.15) is 12.0 Å². The second-order valence-electron chi connectivity index (χ2n) is 6.34. The van der Waals surface area contributed by atoms with Gasteiger partial charge in [-0.2, -0.15) is 0 Å². The third-order valence-corrected chi connectivity index (χ3v) is 4.74. The summed E-state index contributed by atoms with van der Waals surface area (Å²) in [5.41, 5.74) is 0.291. The topological polar surface area (TPSA) is 78.7 Å². The highest BCUT2D eigenvalue weighted by atomic mass is 16.6. The van der Waals surface area contributed by atoms with Crippen LogP contribution in [0.2, 0.25) is 0 Å². The van der Waals surface area contributed by atoms with E-state index in [1.54, 1.807) is 14.0 Å². The van der Waals surface area contributed by atoms with Gasteiger partial charge in [0.25, 0.3) is 0 Å². The van der Waals surface area contributed by atoms with E-state index in [1.807, 2.05) is 24.3 Å². The molecule has 6 nitrogen and oxygen atoms in total. The Morgan fingerprint density at radius 1 is 1.39 bits per heavy atom. The van der Waals surface area contributed by atoms with Crippen molar-refractivity contribution in [1.82, 2.24) is 0 Å². The molecule has 0 saturated heterocycles. The van der Waals surface area contributed by atoms with Crippen LogP contribution in [-0.2, 0) is 16.1 Å². The molecule has 6 heteroatoms. The third kappa shape index (κ3) is 4.28. The summed E-state index contributed by atoms with van der Waals surface area (Å²) in [5.74, 6) is 0.383. The third-order valence-electron chi connectivity index (χ3n) is 4.74. The monoisotopic (exact) mass is 321 g/mol. The molecule has 0 N–H and O–H groups in total. The number of methoxy groups -OCH3 is 1. The number of aldehydes is 1. The minimum Gasteiger partial charge on any atom is -0.497 e. The molecule has 0 bridgehead atoms. The van der Waals surface area contributed by atoms with Crippen LogP contribution in [0, 0.1) is 21.4 Å². The van der Waals surface area contributed by atoms with E-state index in [4.69, 9.17) is 9.47 Å². The summed E-state index contributed by atoms with van der Waals surface area (Å²) < 4.78 is 11.1. The second-order valence-corrected chi connectivity index (χ2v) is 6.34. The molecule has 0 heterocycles. The lowest BCUT2D eigenvalue weighted by molar-refractivity contribution is -0.495. The maximum atomic E-state index is 11.5. The number of nitrogens with zero attached hydrogens (tertiary/aromatic N) is 1. The van der Waals surface area contributed by atoms with Crippen molar-refractivity contribution in [2.45, 2.75) is 38.9 Å². The van der Waals surface area contributed by atoms with Gasteiger partial charge in [-0.1, -0.05) is 19.1 Å². The molecule has 1 aliphatic rings. The van der Waals surface area contributed by atoms with Crippen molar-refractivity contribution < 1.29 is 19.2 Å². The van der Waals surface area contributed by atoms with Crippen molar-refractivity contribution in [3.63, 3.8) is 0 Å². The lowest BCUT2D eigenvalue weighted by Gasteiger charge is -2.40. The average Bonchev–Trinajstić information content (AvgIpc) is 2.55. The maximum absolute atomic E-state index is 11.5. The SMILES string of the molecule is COc1ccc(CO[C@@H]2CCC[C@](C)(C=O)[C@@H]2C[N+](=O)[O-])cc1. The normalized spacial score (nSPS) is 27.4. The van der Waals surface area contributed by atoms with Gasteiger partial charge in [0.2, 0.25) is 6.54 Å². The van der Waals surface area contributed by atoms with E-state index in [0.717, 1.165) is 30.4 Å². The van der Waals surface area contributed by atoms with E-state index in [0.29, 0.717) is 13.0 Å². The smallest absolute Gasteiger partial charge is 0.210 e. The van der Waals surface area contributed by atoms with Gasteiger partial charge in [-0.15, -0.1) is 0 Å². The minimum absolute atomic E-state index is 0.234. The molecule has 126 valence electrons. The molecule has 0 amide bonds. The van der Waals surface area contributed by atoms with Gasteiger partial charge < -0.3 is 14.3 Å². The molecule has 3 atom stereocenters. The van der Waals surface area contributed by atoms with Gasteiger partial charge in [0, 0.05) is 10.3 Å². The van der Waals surface area contributed by atoms with E-state index >= 15 is 0 Å². The number of nitro groups is 1. The molecule has 1 aliphatic carbocycles. The van der Waals surface area contributed by atoms with E-state index in [1.165, 1.54) is 0 Å². The number of ether oxygens (including phenoxy) is 2. The van der Waals surface area contributed by atoms with Crippen LogP contribution in [0.1, 0.15) is 31.7 Å². The highest BCUT2D eigenvalue weighted by Crippen LogP contribution is 2.41. The van der Waals surface area contributed by atoms with Crippen LogP contribution in [-0.4, -0.2) is 31.0 Å². The maximum Gasteiger partial charge on any atom is 0.210 e. The Morgan fingerprint density at radius 2 is 2.09 bits per heavy atom. The van der Waals surface area contributed by atoms with Crippen LogP contribution < -0.4 is 4.74 Å². The number of rotatable bonds is 7. The lowest BCUT2D eigenvalue weighted by atomic mass is 9.67. The summed E-state index contributed by atoms with van der Waals surface area (Å²) >= 11 is 0. The number of benzene rings is 1. The summed E-state index contributed by atoms with van der Waals surface area (Å²) in [4.78, 5) is 22.1. The van der Waals surface area contributed by atoms with E-state index in [9.17, 15) is 14.9 Å². The molecule has 2 rings (SSSR count). The highest BCUT2D eigenvalue weighted by molar-refractivity contribution is 5.59. The molecule has 23 heavy (non-hydrogen) atoms. The Kier molecular flexibility index (Phi) is 5.71. The summed E-state index contributed by atoms with van der Waals surface area (Å²) in [6.45, 7) is 1.94. The first-order valence-corrected chi connectivity index (χ1v) is 7.81. The van der Waals surface area contributed by atoms with E-state index in [2.05, 4.69) is 0 Å². The van der Waals surface area contributed by atoms with Crippen LogP contribution in [0.3, 0.4) is 0 Å². The molecule has 1 fully saturated rings. The van der Waals surface area contributed by atoms with Gasteiger partial charge in [0.15, 0.2) is 0 Å². The molecule has 1 aromatic carbocycles. The van der Waals surface area contributed by atoms with Crippen LogP contribution in [0.4, 0.5) is 0 Å². The Morgan fingerprint density at radius 3 is 2.65 bits per heavy atom. The standard InChI is InChI=1S/C17H23NO5/c1-17(12-19)9-3-4-16(15(17)10-18(20)21)23-11-13-5-7-14(22-2)8-6-13/h5-8,12,15-16H,3-4,9-11H2,1-2H3/t15-,16-,17-/m1/s1. The molecule has 0 aliphatic heterocycles. The molecular weight excluding hydrogens is 298 g/mol. The zero-order chi connectivity index (χ0) is 16.9. The van der Waals surface area contributed by atoms with E-state index in [-0.39, 0.29) is 23.5 Å². The summed E-state index contributed by atoms with van der Waals surface area (Å²) in [6, 6.07) is 7.51. The van der Waals surface area contributed by atoms with Crippen molar-refractivity contribution in [3.8, 4) is 5.75 Å². The number of hydrogen-bond acceptors (Lipinski definition) is 5. The van der Waals surface area contributed by atoms with Crippen molar-refractivity contribution in [1.29, 1.82) is 0 Å². The highest BCUT2D eigenvalue weighted by Gasteiger charge is 2.45. The predicted octanol–water partition coefficient (Wildman–Crippen LogP) is 2.86. The van der Waals surface area contributed by atoms with Crippen molar-refractivity contribution in [3.05, 3.63) is 39.9 Å². The van der Waals surface area contributed by atoms with Crippen molar-refractivity contribution >= 4 is 6.29 Å². The quantitative estimate of drug-likeness (QED) is 0.438. The second kappa shape index (κ2) is 7.55.